The van der Waals surface area contributed by atoms with E-state index >= 15 is 0 Å². The minimum Gasteiger partial charge on any atom is -0.493 e. The maximum atomic E-state index is 12.5. The Kier molecular flexibility index (Phi) is 5.10. The molecule has 0 spiro atoms. The molecule has 0 aliphatic heterocycles. The highest BCUT2D eigenvalue weighted by atomic mass is 35.5. The van der Waals surface area contributed by atoms with Gasteiger partial charge in [-0.1, -0.05) is 41.4 Å². The molecule has 0 heterocycles. The molecule has 2 aromatic carbocycles. The summed E-state index contributed by atoms with van der Waals surface area (Å²) >= 11 is 12.1. The molecule has 110 valence electrons. The van der Waals surface area contributed by atoms with E-state index in [0.29, 0.717) is 32.7 Å². The largest absolute Gasteiger partial charge is 0.493 e. The molecule has 5 heteroatoms. The molecule has 3 nitrogen and oxygen atoms in total. The topological polar surface area (TPSA) is 35.5 Å². The van der Waals surface area contributed by atoms with Crippen LogP contribution in [0.4, 0.5) is 0 Å². The first-order chi connectivity index (χ1) is 10.1. The lowest BCUT2D eigenvalue weighted by molar-refractivity contribution is 0.0989. The molecule has 0 saturated heterocycles. The van der Waals surface area contributed by atoms with Crippen LogP contribution in [0.3, 0.4) is 0 Å². The summed E-state index contributed by atoms with van der Waals surface area (Å²) in [6.07, 6.45) is 0.142. The summed E-state index contributed by atoms with van der Waals surface area (Å²) in [4.78, 5) is 12.5. The number of halogens is 2. The van der Waals surface area contributed by atoms with Gasteiger partial charge < -0.3 is 9.47 Å². The third-order valence-electron chi connectivity index (χ3n) is 3.09. The Hall–Kier alpha value is -1.71. The van der Waals surface area contributed by atoms with Crippen LogP contribution in [0, 0.1) is 0 Å². The smallest absolute Gasteiger partial charge is 0.171 e. The zero-order valence-corrected chi connectivity index (χ0v) is 13.2. The number of hydrogen-bond acceptors (Lipinski definition) is 3. The lowest BCUT2D eigenvalue weighted by Gasteiger charge is -2.12. The maximum absolute atomic E-state index is 12.5. The molecular weight excluding hydrogens is 311 g/mol. The van der Waals surface area contributed by atoms with E-state index in [4.69, 9.17) is 32.7 Å². The van der Waals surface area contributed by atoms with Gasteiger partial charge in [0, 0.05) is 6.42 Å². The van der Waals surface area contributed by atoms with Crippen molar-refractivity contribution in [2.45, 2.75) is 6.42 Å². The van der Waals surface area contributed by atoms with E-state index in [-0.39, 0.29) is 12.2 Å². The Morgan fingerprint density at radius 1 is 1.05 bits per heavy atom. The van der Waals surface area contributed by atoms with Gasteiger partial charge in [-0.3, -0.25) is 4.79 Å². The number of hydrogen-bond donors (Lipinski definition) is 0. The molecule has 0 N–H and O–H groups in total. The fourth-order valence-corrected chi connectivity index (χ4v) is 2.45. The summed E-state index contributed by atoms with van der Waals surface area (Å²) in [5.74, 6) is 0.818. The van der Waals surface area contributed by atoms with Crippen molar-refractivity contribution in [1.82, 2.24) is 0 Å². The van der Waals surface area contributed by atoms with Crippen LogP contribution < -0.4 is 9.47 Å². The average molecular weight is 325 g/mol. The molecule has 2 aromatic rings. The summed E-state index contributed by atoms with van der Waals surface area (Å²) in [6.45, 7) is 0. The van der Waals surface area contributed by atoms with Gasteiger partial charge in [0.2, 0.25) is 0 Å². The zero-order valence-electron chi connectivity index (χ0n) is 11.7. The second-order valence-electron chi connectivity index (χ2n) is 4.35. The number of carbonyl (C=O) groups is 1. The Labute approximate surface area is 133 Å². The highest BCUT2D eigenvalue weighted by Gasteiger charge is 2.18. The highest BCUT2D eigenvalue weighted by molar-refractivity contribution is 6.42. The fraction of sp³-hybridized carbons (Fsp3) is 0.188. The molecule has 2 rings (SSSR count). The van der Waals surface area contributed by atoms with Crippen molar-refractivity contribution < 1.29 is 14.3 Å². The second-order valence-corrected chi connectivity index (χ2v) is 5.14. The molecule has 21 heavy (non-hydrogen) atoms. The van der Waals surface area contributed by atoms with Gasteiger partial charge in [-0.2, -0.15) is 0 Å². The Balaban J connectivity index is 2.35. The van der Waals surface area contributed by atoms with Crippen LogP contribution in [0.2, 0.25) is 10.0 Å². The monoisotopic (exact) mass is 324 g/mol. The summed E-state index contributed by atoms with van der Waals surface area (Å²) in [6, 6.07) is 10.4. The maximum Gasteiger partial charge on any atom is 0.171 e. The van der Waals surface area contributed by atoms with Crippen LogP contribution in [0.25, 0.3) is 0 Å². The number of ether oxygens (including phenoxy) is 2. The Bertz CT molecular complexity index is 669. The standard InChI is InChI=1S/C16H14Cl2O3/c1-20-14-8-4-6-11(16(14)21-2)13(19)9-10-5-3-7-12(17)15(10)18/h3-8H,9H2,1-2H3. The normalized spacial score (nSPS) is 10.3. The van der Waals surface area contributed by atoms with Crippen LogP contribution in [-0.2, 0) is 6.42 Å². The van der Waals surface area contributed by atoms with Gasteiger partial charge in [0.1, 0.15) is 0 Å². The number of methoxy groups -OCH3 is 2. The van der Waals surface area contributed by atoms with E-state index in [0.717, 1.165) is 0 Å². The van der Waals surface area contributed by atoms with E-state index in [1.807, 2.05) is 0 Å². The first-order valence-electron chi connectivity index (χ1n) is 6.25. The quantitative estimate of drug-likeness (QED) is 0.763. The zero-order chi connectivity index (χ0) is 15.4. The lowest BCUT2D eigenvalue weighted by atomic mass is 10.0. The third-order valence-corrected chi connectivity index (χ3v) is 3.94. The van der Waals surface area contributed by atoms with Crippen LogP contribution in [0.5, 0.6) is 11.5 Å². The molecule has 0 radical (unpaired) electrons. The number of benzene rings is 2. The summed E-state index contributed by atoms with van der Waals surface area (Å²) in [7, 11) is 3.03. The summed E-state index contributed by atoms with van der Waals surface area (Å²) < 4.78 is 10.5. The van der Waals surface area contributed by atoms with Crippen molar-refractivity contribution in [1.29, 1.82) is 0 Å². The molecule has 0 amide bonds. The van der Waals surface area contributed by atoms with E-state index < -0.39 is 0 Å². The van der Waals surface area contributed by atoms with Crippen LogP contribution in [0.1, 0.15) is 15.9 Å². The van der Waals surface area contributed by atoms with Crippen LogP contribution in [0.15, 0.2) is 36.4 Å². The molecule has 0 bridgehead atoms. The van der Waals surface area contributed by atoms with Gasteiger partial charge in [0.05, 0.1) is 29.8 Å². The number of Topliss-reactive ketones (excluding diaryl/α,β-unsaturated/α-hetero) is 1. The fourth-order valence-electron chi connectivity index (χ4n) is 2.06. The second kappa shape index (κ2) is 6.83. The number of ketones is 1. The first-order valence-corrected chi connectivity index (χ1v) is 7.01. The Morgan fingerprint density at radius 2 is 1.76 bits per heavy atom. The van der Waals surface area contributed by atoms with Crippen molar-refractivity contribution in [2.75, 3.05) is 14.2 Å². The van der Waals surface area contributed by atoms with Gasteiger partial charge in [0.15, 0.2) is 17.3 Å². The molecule has 0 aromatic heterocycles. The van der Waals surface area contributed by atoms with Crippen molar-refractivity contribution >= 4 is 29.0 Å². The predicted octanol–water partition coefficient (Wildman–Crippen LogP) is 4.44. The molecule has 0 aliphatic rings. The van der Waals surface area contributed by atoms with Gasteiger partial charge >= 0.3 is 0 Å². The number of para-hydroxylation sites is 1. The minimum absolute atomic E-state index is 0.116. The summed E-state index contributed by atoms with van der Waals surface area (Å²) in [5.41, 5.74) is 1.13. The van der Waals surface area contributed by atoms with Crippen molar-refractivity contribution in [3.63, 3.8) is 0 Å². The first kappa shape index (κ1) is 15.7. The molecule has 0 aliphatic carbocycles. The van der Waals surface area contributed by atoms with Gasteiger partial charge in [-0.25, -0.2) is 0 Å². The van der Waals surface area contributed by atoms with E-state index in [2.05, 4.69) is 0 Å². The van der Waals surface area contributed by atoms with Gasteiger partial charge in [-0.15, -0.1) is 0 Å². The molecule has 0 unspecified atom stereocenters. The lowest BCUT2D eigenvalue weighted by Crippen LogP contribution is -2.07. The SMILES string of the molecule is COc1cccc(C(=O)Cc2cccc(Cl)c2Cl)c1OC. The van der Waals surface area contributed by atoms with Crippen LogP contribution in [-0.4, -0.2) is 20.0 Å². The van der Waals surface area contributed by atoms with E-state index in [1.54, 1.807) is 36.4 Å². The third kappa shape index (κ3) is 3.31. The Morgan fingerprint density at radius 3 is 2.43 bits per heavy atom. The van der Waals surface area contributed by atoms with Gasteiger partial charge in [-0.05, 0) is 23.8 Å². The number of rotatable bonds is 5. The molecular formula is C16H14Cl2O3. The van der Waals surface area contributed by atoms with Gasteiger partial charge in [0.25, 0.3) is 0 Å². The van der Waals surface area contributed by atoms with E-state index in [1.165, 1.54) is 14.2 Å². The molecule has 0 saturated carbocycles. The molecule has 0 fully saturated rings. The van der Waals surface area contributed by atoms with Crippen molar-refractivity contribution in [3.05, 3.63) is 57.6 Å². The minimum atomic E-state index is -0.116. The highest BCUT2D eigenvalue weighted by Crippen LogP contribution is 2.32. The molecule has 0 atom stereocenters. The number of carbonyl (C=O) groups excluding carboxylic acids is 1. The van der Waals surface area contributed by atoms with Crippen LogP contribution >= 0.6 is 23.2 Å². The summed E-state index contributed by atoms with van der Waals surface area (Å²) in [5, 5.41) is 0.828. The van der Waals surface area contributed by atoms with Crippen molar-refractivity contribution in [3.8, 4) is 11.5 Å². The average Bonchev–Trinajstić information content (AvgIpc) is 2.50. The van der Waals surface area contributed by atoms with Crippen molar-refractivity contribution in [2.24, 2.45) is 0 Å². The van der Waals surface area contributed by atoms with E-state index in [9.17, 15) is 4.79 Å². The predicted molar refractivity (Wildman–Crippen MR) is 84.0 cm³/mol.